The zero-order valence-electron chi connectivity index (χ0n) is 28.6. The van der Waals surface area contributed by atoms with Gasteiger partial charge in [-0.05, 0) is 63.6 Å². The molecule has 4 N–H and O–H groups in total. The smallest absolute Gasteiger partial charge is 0.408 e. The number of benzene rings is 1. The summed E-state index contributed by atoms with van der Waals surface area (Å²) < 4.78 is 39.1. The lowest BCUT2D eigenvalue weighted by atomic mass is 9.85. The third kappa shape index (κ3) is 7.76. The van der Waals surface area contributed by atoms with Crippen molar-refractivity contribution in [2.24, 2.45) is 11.3 Å². The van der Waals surface area contributed by atoms with Crippen LogP contribution in [-0.2, 0) is 29.1 Å². The molecule has 1 aromatic heterocycles. The number of phenols is 1. The maximum atomic E-state index is 14.4. The van der Waals surface area contributed by atoms with Crippen molar-refractivity contribution in [2.75, 3.05) is 6.54 Å². The Kier molecular flexibility index (Phi) is 9.38. The number of fused-ring (bicyclic) bond motifs is 1. The highest BCUT2D eigenvalue weighted by molar-refractivity contribution is 7.91. The number of phenolic OH excluding ortho intramolecular Hbond substituents is 1. The first-order valence-electron chi connectivity index (χ1n) is 16.3. The number of alkyl carbamates (subject to hydrolysis) is 1. The second-order valence-corrected chi connectivity index (χ2v) is 17.1. The zero-order valence-corrected chi connectivity index (χ0v) is 29.4. The fourth-order valence-electron chi connectivity index (χ4n) is 6.05. The lowest BCUT2D eigenvalue weighted by molar-refractivity contribution is -0.143. The van der Waals surface area contributed by atoms with Gasteiger partial charge in [-0.1, -0.05) is 32.9 Å². The molecule has 0 spiro atoms. The number of nitrogens with one attached hydrogen (secondary N) is 3. The number of nitrogens with zero attached hydrogens (tertiary/aromatic N) is 2. The highest BCUT2D eigenvalue weighted by atomic mass is 32.2. The first-order valence-corrected chi connectivity index (χ1v) is 17.8. The number of ether oxygens (including phenoxy) is 2. The van der Waals surface area contributed by atoms with Crippen molar-refractivity contribution in [3.8, 4) is 11.6 Å². The van der Waals surface area contributed by atoms with Gasteiger partial charge in [0.1, 0.15) is 35.1 Å². The van der Waals surface area contributed by atoms with Crippen LogP contribution in [0.3, 0.4) is 0 Å². The number of carbonyl (C=O) groups is 4. The van der Waals surface area contributed by atoms with Crippen LogP contribution in [0.2, 0.25) is 0 Å². The van der Waals surface area contributed by atoms with Gasteiger partial charge in [-0.3, -0.25) is 19.1 Å². The average molecular weight is 700 g/mol. The Morgan fingerprint density at radius 2 is 1.80 bits per heavy atom. The zero-order chi connectivity index (χ0) is 36.1. The van der Waals surface area contributed by atoms with Crippen LogP contribution in [-0.4, -0.2) is 88.3 Å². The number of aromatic nitrogens is 1. The van der Waals surface area contributed by atoms with E-state index in [0.29, 0.717) is 23.6 Å². The van der Waals surface area contributed by atoms with Crippen LogP contribution in [0.1, 0.15) is 67.2 Å². The Balaban J connectivity index is 1.44. The molecule has 5 rings (SSSR count). The molecule has 266 valence electrons. The number of amides is 4. The van der Waals surface area contributed by atoms with Crippen molar-refractivity contribution < 1.29 is 42.2 Å². The minimum atomic E-state index is -3.90. The molecule has 3 fully saturated rings. The van der Waals surface area contributed by atoms with E-state index in [1.54, 1.807) is 59.7 Å². The van der Waals surface area contributed by atoms with E-state index < -0.39 is 79.7 Å². The Hall–Kier alpha value is -4.40. The minimum Gasteiger partial charge on any atom is -0.507 e. The van der Waals surface area contributed by atoms with Crippen molar-refractivity contribution in [1.82, 2.24) is 25.2 Å². The Bertz CT molecular complexity index is 1780. The molecular weight excluding hydrogens is 654 g/mol. The number of sulfonamides is 1. The number of pyridine rings is 1. The van der Waals surface area contributed by atoms with E-state index in [1.807, 2.05) is 0 Å². The van der Waals surface area contributed by atoms with E-state index >= 15 is 0 Å². The summed E-state index contributed by atoms with van der Waals surface area (Å²) in [5.41, 5.74) is -3.23. The first-order chi connectivity index (χ1) is 22.8. The third-order valence-electron chi connectivity index (χ3n) is 8.90. The third-order valence-corrected chi connectivity index (χ3v) is 10.7. The molecule has 49 heavy (non-hydrogen) atoms. The number of likely N-dealkylation sites (tertiary alicyclic amines) is 1. The molecule has 14 nitrogen and oxygen atoms in total. The van der Waals surface area contributed by atoms with Crippen molar-refractivity contribution in [1.29, 1.82) is 0 Å². The molecule has 1 saturated heterocycles. The number of carbonyl (C=O) groups excluding carboxylic acids is 4. The summed E-state index contributed by atoms with van der Waals surface area (Å²) in [5, 5.41) is 16.2. The van der Waals surface area contributed by atoms with Gasteiger partial charge in [-0.25, -0.2) is 18.2 Å². The van der Waals surface area contributed by atoms with Crippen molar-refractivity contribution in [3.05, 3.63) is 43.1 Å². The molecule has 5 atom stereocenters. The van der Waals surface area contributed by atoms with Gasteiger partial charge in [0.2, 0.25) is 27.7 Å². The second-order valence-electron chi connectivity index (χ2n) is 15.1. The highest BCUT2D eigenvalue weighted by Crippen LogP contribution is 2.45. The summed E-state index contributed by atoms with van der Waals surface area (Å²) in [7, 11) is -3.90. The first kappa shape index (κ1) is 35.9. The van der Waals surface area contributed by atoms with Gasteiger partial charge in [0.25, 0.3) is 5.91 Å². The molecule has 0 radical (unpaired) electrons. The standard InChI is InChI=1S/C34H45N5O9S/c1-8-19-17-34(19,30(43)38-49(45,46)21-12-13-21)37-27(41)24-16-20(47-28-23-10-9-11-25(40)22(23)14-15-35-28)18-39(24)29(42)26(32(2,3)4)36-31(44)48-33(5,6)7/h8-11,14-15,19-21,24,26,40H,1,12-13,16-18H2,2-7H3,(H,36,44)(H,37,41)(H,38,43)/t19-,20-,24+,26-,34-/m1/s1. The van der Waals surface area contributed by atoms with Crippen LogP contribution in [0.15, 0.2) is 43.1 Å². The van der Waals surface area contributed by atoms with E-state index in [-0.39, 0.29) is 31.0 Å². The van der Waals surface area contributed by atoms with Crippen LogP contribution in [0.4, 0.5) is 4.79 Å². The van der Waals surface area contributed by atoms with Crippen LogP contribution < -0.4 is 20.1 Å². The van der Waals surface area contributed by atoms with Gasteiger partial charge in [-0.15, -0.1) is 6.58 Å². The number of hydrogen-bond acceptors (Lipinski definition) is 10. The summed E-state index contributed by atoms with van der Waals surface area (Å²) in [6.07, 6.45) is 2.38. The van der Waals surface area contributed by atoms with Crippen LogP contribution >= 0.6 is 0 Å². The SMILES string of the molecule is C=C[C@@H]1C[C@]1(NC(=O)[C@@H]1C[C@@H](Oc2nccc3c(O)cccc23)CN1C(=O)[C@@H](NC(=O)OC(C)(C)C)C(C)(C)C)C(=O)NS(=O)(=O)C1CC1. The molecular formula is C34H45N5O9S. The van der Waals surface area contributed by atoms with Gasteiger partial charge < -0.3 is 30.1 Å². The second kappa shape index (κ2) is 12.8. The lowest BCUT2D eigenvalue weighted by Gasteiger charge is -2.36. The molecule has 3 aliphatic rings. The van der Waals surface area contributed by atoms with Crippen LogP contribution in [0, 0.1) is 11.3 Å². The van der Waals surface area contributed by atoms with Gasteiger partial charge in [-0.2, -0.15) is 0 Å². The maximum Gasteiger partial charge on any atom is 0.408 e. The monoisotopic (exact) mass is 699 g/mol. The average Bonchev–Trinajstić information content (AvgIpc) is 3.91. The van der Waals surface area contributed by atoms with Crippen LogP contribution in [0.25, 0.3) is 10.8 Å². The topological polar surface area (TPSA) is 193 Å². The predicted octanol–water partition coefficient (Wildman–Crippen LogP) is 2.90. The normalized spacial score (nSPS) is 24.4. The molecule has 0 unspecified atom stereocenters. The summed E-state index contributed by atoms with van der Waals surface area (Å²) in [4.78, 5) is 60.4. The Morgan fingerprint density at radius 3 is 2.39 bits per heavy atom. The largest absolute Gasteiger partial charge is 0.507 e. The predicted molar refractivity (Wildman–Crippen MR) is 180 cm³/mol. The fourth-order valence-corrected chi connectivity index (χ4v) is 7.41. The number of rotatable bonds is 10. The molecule has 1 aromatic carbocycles. The van der Waals surface area contributed by atoms with E-state index in [2.05, 4.69) is 26.9 Å². The van der Waals surface area contributed by atoms with Gasteiger partial charge in [0.05, 0.1) is 11.8 Å². The van der Waals surface area contributed by atoms with E-state index in [0.717, 1.165) is 0 Å². The maximum absolute atomic E-state index is 14.4. The molecule has 15 heteroatoms. The molecule has 0 bridgehead atoms. The minimum absolute atomic E-state index is 0.0193. The summed E-state index contributed by atoms with van der Waals surface area (Å²) >= 11 is 0. The van der Waals surface area contributed by atoms with Crippen molar-refractivity contribution in [2.45, 2.75) is 102 Å². The summed E-state index contributed by atoms with van der Waals surface area (Å²) in [6.45, 7) is 14.0. The fraction of sp³-hybridized carbons (Fsp3) is 0.559. The van der Waals surface area contributed by atoms with Crippen molar-refractivity contribution in [3.63, 3.8) is 0 Å². The number of hydrogen-bond donors (Lipinski definition) is 4. The molecule has 2 aliphatic carbocycles. The Labute approximate surface area is 286 Å². The number of aromatic hydroxyl groups is 1. The van der Waals surface area contributed by atoms with Crippen molar-refractivity contribution >= 4 is 44.6 Å². The van der Waals surface area contributed by atoms with E-state index in [9.17, 15) is 32.7 Å². The van der Waals surface area contributed by atoms with E-state index in [4.69, 9.17) is 9.47 Å². The van der Waals surface area contributed by atoms with Gasteiger partial charge >= 0.3 is 6.09 Å². The molecule has 2 heterocycles. The quantitative estimate of drug-likeness (QED) is 0.268. The summed E-state index contributed by atoms with van der Waals surface area (Å²) in [5.74, 6) is -2.47. The lowest BCUT2D eigenvalue weighted by Crippen LogP contribution is -2.60. The highest BCUT2D eigenvalue weighted by Gasteiger charge is 2.62. The van der Waals surface area contributed by atoms with Crippen LogP contribution in [0.5, 0.6) is 11.6 Å². The molecule has 1 aliphatic heterocycles. The van der Waals surface area contributed by atoms with Gasteiger partial charge in [0, 0.05) is 29.3 Å². The molecule has 4 amide bonds. The Morgan fingerprint density at radius 1 is 1.10 bits per heavy atom. The van der Waals surface area contributed by atoms with Gasteiger partial charge in [0.15, 0.2) is 0 Å². The summed E-state index contributed by atoms with van der Waals surface area (Å²) in [6, 6.07) is 4.22. The van der Waals surface area contributed by atoms with E-state index in [1.165, 1.54) is 23.2 Å². The molecule has 2 aromatic rings. The molecule has 2 saturated carbocycles.